The van der Waals surface area contributed by atoms with Crippen molar-refractivity contribution in [2.24, 2.45) is 11.7 Å². The largest absolute Gasteiger partial charge is 0.480 e. The van der Waals surface area contributed by atoms with Crippen molar-refractivity contribution in [3.8, 4) is 0 Å². The lowest BCUT2D eigenvalue weighted by Crippen LogP contribution is -2.57. The molecule has 0 saturated heterocycles. The van der Waals surface area contributed by atoms with E-state index in [-0.39, 0.29) is 5.92 Å². The fourth-order valence-corrected chi connectivity index (χ4v) is 3.46. The number of rotatable bonds is 15. The topological polar surface area (TPSA) is 151 Å². The molecular weight excluding hydrogens is 428 g/mol. The Morgan fingerprint density at radius 1 is 0.900 bits per heavy atom. The Bertz CT molecular complexity index is 579. The molecule has 6 N–H and O–H groups in total. The van der Waals surface area contributed by atoms with Crippen LogP contribution in [0.2, 0.25) is 0 Å². The number of thioether (sulfide) groups is 2. The predicted octanol–water partition coefficient (Wildman–Crippen LogP) is 0.425. The molecule has 0 heterocycles. The summed E-state index contributed by atoms with van der Waals surface area (Å²) in [6.45, 7) is 5.04. The molecule has 0 saturated carbocycles. The molecule has 0 aromatic carbocycles. The first-order valence-electron chi connectivity index (χ1n) is 9.96. The van der Waals surface area contributed by atoms with Crippen LogP contribution in [0.5, 0.6) is 0 Å². The zero-order valence-corrected chi connectivity index (χ0v) is 20.0. The molecule has 0 spiro atoms. The monoisotopic (exact) mass is 464 g/mol. The Morgan fingerprint density at radius 2 is 1.47 bits per heavy atom. The van der Waals surface area contributed by atoms with Gasteiger partial charge in [-0.25, -0.2) is 4.79 Å². The maximum absolute atomic E-state index is 12.7. The molecule has 0 aromatic heterocycles. The molecule has 9 nitrogen and oxygen atoms in total. The first-order chi connectivity index (χ1) is 14.1. The number of aliphatic carboxylic acids is 1. The third-order valence-electron chi connectivity index (χ3n) is 4.74. The minimum Gasteiger partial charge on any atom is -0.480 e. The van der Waals surface area contributed by atoms with Gasteiger partial charge in [-0.1, -0.05) is 20.3 Å². The summed E-state index contributed by atoms with van der Waals surface area (Å²) >= 11 is 3.11. The summed E-state index contributed by atoms with van der Waals surface area (Å²) in [4.78, 5) is 48.8. The maximum atomic E-state index is 12.7. The van der Waals surface area contributed by atoms with Crippen molar-refractivity contribution < 1.29 is 24.3 Å². The van der Waals surface area contributed by atoms with Crippen LogP contribution >= 0.6 is 23.5 Å². The van der Waals surface area contributed by atoms with E-state index in [1.807, 2.05) is 19.4 Å². The van der Waals surface area contributed by atoms with E-state index in [1.165, 1.54) is 18.7 Å². The van der Waals surface area contributed by atoms with E-state index < -0.39 is 47.9 Å². The summed E-state index contributed by atoms with van der Waals surface area (Å²) < 4.78 is 0. The molecule has 5 atom stereocenters. The van der Waals surface area contributed by atoms with Gasteiger partial charge in [0.15, 0.2) is 0 Å². The SMILES string of the molecule is CCC(C)C(NC(=O)C(C)NC(=O)C(CCSC)NC(=O)C(N)CCSC)C(=O)O. The molecule has 0 aliphatic rings. The summed E-state index contributed by atoms with van der Waals surface area (Å²) in [6.07, 6.45) is 5.26. The van der Waals surface area contributed by atoms with E-state index in [0.717, 1.165) is 5.75 Å². The highest BCUT2D eigenvalue weighted by Crippen LogP contribution is 2.08. The minimum absolute atomic E-state index is 0.259. The van der Waals surface area contributed by atoms with Crippen molar-refractivity contribution >= 4 is 47.2 Å². The van der Waals surface area contributed by atoms with Crippen molar-refractivity contribution in [1.29, 1.82) is 0 Å². The van der Waals surface area contributed by atoms with Crippen LogP contribution < -0.4 is 21.7 Å². The lowest BCUT2D eigenvalue weighted by atomic mass is 9.99. The van der Waals surface area contributed by atoms with E-state index in [4.69, 9.17) is 5.73 Å². The number of hydrogen-bond acceptors (Lipinski definition) is 7. The summed E-state index contributed by atoms with van der Waals surface area (Å²) in [6, 6.07) is -3.54. The Labute approximate surface area is 187 Å². The number of carboxylic acid groups (broad SMARTS) is 1. The van der Waals surface area contributed by atoms with E-state index in [2.05, 4.69) is 16.0 Å². The van der Waals surface area contributed by atoms with Gasteiger partial charge in [0.1, 0.15) is 18.1 Å². The van der Waals surface area contributed by atoms with Crippen molar-refractivity contribution in [3.63, 3.8) is 0 Å². The second-order valence-electron chi connectivity index (χ2n) is 7.17. The highest BCUT2D eigenvalue weighted by atomic mass is 32.2. The Kier molecular flexibility index (Phi) is 14.6. The quantitative estimate of drug-likeness (QED) is 0.234. The maximum Gasteiger partial charge on any atom is 0.326 e. The molecule has 0 fully saturated rings. The molecule has 0 radical (unpaired) electrons. The average molecular weight is 465 g/mol. The summed E-state index contributed by atoms with van der Waals surface area (Å²) in [7, 11) is 0. The lowest BCUT2D eigenvalue weighted by molar-refractivity contribution is -0.143. The van der Waals surface area contributed by atoms with Crippen LogP contribution in [0.15, 0.2) is 0 Å². The van der Waals surface area contributed by atoms with Crippen LogP contribution in [0.3, 0.4) is 0 Å². The first-order valence-corrected chi connectivity index (χ1v) is 12.7. The second kappa shape index (κ2) is 15.4. The smallest absolute Gasteiger partial charge is 0.326 e. The average Bonchev–Trinajstić information content (AvgIpc) is 2.71. The van der Waals surface area contributed by atoms with Gasteiger partial charge in [-0.05, 0) is 49.7 Å². The first kappa shape index (κ1) is 28.5. The third kappa shape index (κ3) is 10.5. The minimum atomic E-state index is -1.12. The molecule has 30 heavy (non-hydrogen) atoms. The van der Waals surface area contributed by atoms with Gasteiger partial charge in [0.05, 0.1) is 6.04 Å². The zero-order valence-electron chi connectivity index (χ0n) is 18.4. The van der Waals surface area contributed by atoms with Crippen molar-refractivity contribution in [1.82, 2.24) is 16.0 Å². The molecule has 0 aliphatic heterocycles. The van der Waals surface area contributed by atoms with Crippen LogP contribution in [0.25, 0.3) is 0 Å². The Morgan fingerprint density at radius 3 is 1.97 bits per heavy atom. The number of nitrogens with two attached hydrogens (primary N) is 1. The molecule has 0 bridgehead atoms. The summed E-state index contributed by atoms with van der Waals surface area (Å²) in [5.74, 6) is -1.53. The van der Waals surface area contributed by atoms with Gasteiger partial charge in [-0.3, -0.25) is 14.4 Å². The number of amides is 3. The van der Waals surface area contributed by atoms with Crippen LogP contribution in [0.4, 0.5) is 0 Å². The van der Waals surface area contributed by atoms with Gasteiger partial charge in [0, 0.05) is 0 Å². The zero-order chi connectivity index (χ0) is 23.3. The van der Waals surface area contributed by atoms with Crippen LogP contribution in [0, 0.1) is 5.92 Å². The van der Waals surface area contributed by atoms with Crippen molar-refractivity contribution in [2.45, 2.75) is 64.2 Å². The lowest BCUT2D eigenvalue weighted by Gasteiger charge is -2.25. The van der Waals surface area contributed by atoms with Gasteiger partial charge >= 0.3 is 5.97 Å². The van der Waals surface area contributed by atoms with E-state index in [0.29, 0.717) is 25.0 Å². The van der Waals surface area contributed by atoms with Crippen LogP contribution in [0.1, 0.15) is 40.0 Å². The molecule has 0 rings (SSSR count). The third-order valence-corrected chi connectivity index (χ3v) is 6.03. The van der Waals surface area contributed by atoms with Gasteiger partial charge in [-0.15, -0.1) is 0 Å². The predicted molar refractivity (Wildman–Crippen MR) is 123 cm³/mol. The highest BCUT2D eigenvalue weighted by Gasteiger charge is 2.29. The molecule has 11 heteroatoms. The molecular formula is C19H36N4O5S2. The van der Waals surface area contributed by atoms with Gasteiger partial charge in [0.2, 0.25) is 17.7 Å². The Balaban J connectivity index is 5.01. The summed E-state index contributed by atoms with van der Waals surface area (Å²) in [5, 5.41) is 17.0. The van der Waals surface area contributed by atoms with Gasteiger partial charge in [0.25, 0.3) is 0 Å². The van der Waals surface area contributed by atoms with E-state index >= 15 is 0 Å². The standard InChI is InChI=1S/C19H36N4O5S2/c1-6-11(2)15(19(27)28)23-16(24)12(3)21-18(26)14(8-10-30-5)22-17(25)13(20)7-9-29-4/h11-15H,6-10,20H2,1-5H3,(H,21,26)(H,22,25)(H,23,24)(H,27,28). The molecule has 5 unspecified atom stereocenters. The van der Waals surface area contributed by atoms with Crippen LogP contribution in [-0.2, 0) is 19.2 Å². The van der Waals surface area contributed by atoms with Gasteiger partial charge in [-0.2, -0.15) is 23.5 Å². The fraction of sp³-hybridized carbons (Fsp3) is 0.789. The highest BCUT2D eigenvalue weighted by molar-refractivity contribution is 7.98. The fourth-order valence-electron chi connectivity index (χ4n) is 2.50. The van der Waals surface area contributed by atoms with E-state index in [9.17, 15) is 24.3 Å². The van der Waals surface area contributed by atoms with Gasteiger partial charge < -0.3 is 26.8 Å². The van der Waals surface area contributed by atoms with Crippen molar-refractivity contribution in [3.05, 3.63) is 0 Å². The molecule has 0 aromatic rings. The normalized spacial score (nSPS) is 15.9. The summed E-state index contributed by atoms with van der Waals surface area (Å²) in [5.41, 5.74) is 5.87. The number of nitrogens with one attached hydrogen (secondary N) is 3. The second-order valence-corrected chi connectivity index (χ2v) is 9.14. The Hall–Kier alpha value is -1.46. The molecule has 174 valence electrons. The number of carboxylic acids is 1. The number of carbonyl (C=O) groups excluding carboxylic acids is 3. The van der Waals surface area contributed by atoms with E-state index in [1.54, 1.807) is 18.7 Å². The van der Waals surface area contributed by atoms with Crippen molar-refractivity contribution in [2.75, 3.05) is 24.0 Å². The molecule has 3 amide bonds. The molecule has 0 aliphatic carbocycles. The van der Waals surface area contributed by atoms with Crippen LogP contribution in [-0.4, -0.2) is 77.0 Å². The number of hydrogen-bond donors (Lipinski definition) is 5. The number of carbonyl (C=O) groups is 4.